The van der Waals surface area contributed by atoms with Gasteiger partial charge in [0.1, 0.15) is 5.82 Å². The Labute approximate surface area is 88.9 Å². The van der Waals surface area contributed by atoms with E-state index in [0.717, 1.165) is 6.07 Å². The molecule has 3 nitrogen and oxygen atoms in total. The molecular formula is C9H9BrFNO2. The summed E-state index contributed by atoms with van der Waals surface area (Å²) in [4.78, 5) is 10.7. The predicted molar refractivity (Wildman–Crippen MR) is 54.6 cm³/mol. The van der Waals surface area contributed by atoms with Gasteiger partial charge in [0.15, 0.2) is 0 Å². The van der Waals surface area contributed by atoms with Gasteiger partial charge in [-0.05, 0) is 40.5 Å². The van der Waals surface area contributed by atoms with Gasteiger partial charge in [0.25, 0.3) is 0 Å². The van der Waals surface area contributed by atoms with Crippen molar-refractivity contribution >= 4 is 27.6 Å². The molecule has 0 bridgehead atoms. The third kappa shape index (κ3) is 2.04. The summed E-state index contributed by atoms with van der Waals surface area (Å²) in [6.45, 7) is 1.46. The van der Waals surface area contributed by atoms with Crippen LogP contribution in [-0.4, -0.2) is 11.1 Å². The lowest BCUT2D eigenvalue weighted by atomic mass is 9.99. The maximum absolute atomic E-state index is 13.0. The fraction of sp³-hybridized carbons (Fsp3) is 0.222. The summed E-state index contributed by atoms with van der Waals surface area (Å²) in [6, 6.07) is 2.34. The molecule has 1 rings (SSSR count). The summed E-state index contributed by atoms with van der Waals surface area (Å²) in [5.74, 6) is -2.36. The van der Waals surface area contributed by atoms with Crippen LogP contribution in [0, 0.1) is 5.82 Å². The van der Waals surface area contributed by atoms with Crippen LogP contribution in [0.3, 0.4) is 0 Å². The quantitative estimate of drug-likeness (QED) is 0.804. The standard InChI is InChI=1S/C9H9BrFNO2/c1-4(9(13)14)6-2-5(11)3-7(10)8(6)12/h2-4H,12H2,1H3,(H,13,14). The van der Waals surface area contributed by atoms with Crippen molar-refractivity contribution in [3.05, 3.63) is 28.0 Å². The second-order valence-corrected chi connectivity index (χ2v) is 3.80. The number of carbonyl (C=O) groups is 1. The summed E-state index contributed by atoms with van der Waals surface area (Å²) >= 11 is 3.06. The maximum Gasteiger partial charge on any atom is 0.310 e. The molecule has 3 N–H and O–H groups in total. The van der Waals surface area contributed by atoms with E-state index in [4.69, 9.17) is 10.8 Å². The number of benzene rings is 1. The topological polar surface area (TPSA) is 63.3 Å². The Bertz CT molecular complexity index is 381. The van der Waals surface area contributed by atoms with Gasteiger partial charge in [-0.15, -0.1) is 0 Å². The van der Waals surface area contributed by atoms with E-state index in [1.807, 2.05) is 0 Å². The fourth-order valence-corrected chi connectivity index (χ4v) is 1.54. The van der Waals surface area contributed by atoms with Crippen molar-refractivity contribution in [3.63, 3.8) is 0 Å². The van der Waals surface area contributed by atoms with Gasteiger partial charge in [0.05, 0.1) is 11.6 Å². The lowest BCUT2D eigenvalue weighted by Crippen LogP contribution is -2.10. The third-order valence-corrected chi connectivity index (χ3v) is 2.62. The monoisotopic (exact) mass is 261 g/mol. The van der Waals surface area contributed by atoms with Gasteiger partial charge in [-0.1, -0.05) is 0 Å². The lowest BCUT2D eigenvalue weighted by molar-refractivity contribution is -0.138. The number of rotatable bonds is 2. The Kier molecular flexibility index (Phi) is 3.10. The second-order valence-electron chi connectivity index (χ2n) is 2.95. The molecular weight excluding hydrogens is 253 g/mol. The first-order valence-electron chi connectivity index (χ1n) is 3.90. The first-order valence-corrected chi connectivity index (χ1v) is 4.70. The van der Waals surface area contributed by atoms with E-state index < -0.39 is 17.7 Å². The summed E-state index contributed by atoms with van der Waals surface area (Å²) in [5, 5.41) is 8.75. The van der Waals surface area contributed by atoms with Crippen molar-refractivity contribution in [2.75, 3.05) is 5.73 Å². The molecule has 0 aliphatic carbocycles. The lowest BCUT2D eigenvalue weighted by Gasteiger charge is -2.11. The average molecular weight is 262 g/mol. The molecule has 1 aromatic rings. The highest BCUT2D eigenvalue weighted by Gasteiger charge is 2.18. The van der Waals surface area contributed by atoms with E-state index in [0.29, 0.717) is 4.47 Å². The summed E-state index contributed by atoms with van der Waals surface area (Å²) in [7, 11) is 0. The molecule has 0 saturated heterocycles. The number of hydrogen-bond acceptors (Lipinski definition) is 2. The molecule has 0 heterocycles. The van der Waals surface area contributed by atoms with Crippen LogP contribution >= 0.6 is 15.9 Å². The number of halogens is 2. The number of carboxylic acids is 1. The molecule has 0 fully saturated rings. The van der Waals surface area contributed by atoms with E-state index in [-0.39, 0.29) is 11.3 Å². The number of aliphatic carboxylic acids is 1. The van der Waals surface area contributed by atoms with Gasteiger partial charge in [-0.3, -0.25) is 4.79 Å². The van der Waals surface area contributed by atoms with Crippen molar-refractivity contribution in [1.29, 1.82) is 0 Å². The molecule has 0 radical (unpaired) electrons. The molecule has 0 aromatic heterocycles. The minimum absolute atomic E-state index is 0.265. The number of nitrogens with two attached hydrogens (primary N) is 1. The van der Waals surface area contributed by atoms with Crippen LogP contribution in [0.25, 0.3) is 0 Å². The largest absolute Gasteiger partial charge is 0.481 e. The number of nitrogen functional groups attached to an aromatic ring is 1. The zero-order valence-electron chi connectivity index (χ0n) is 7.42. The molecule has 0 spiro atoms. The maximum atomic E-state index is 13.0. The predicted octanol–water partition coefficient (Wildman–Crippen LogP) is 2.36. The van der Waals surface area contributed by atoms with Gasteiger partial charge in [0.2, 0.25) is 0 Å². The molecule has 5 heteroatoms. The summed E-state index contributed by atoms with van der Waals surface area (Å²) in [6.07, 6.45) is 0. The third-order valence-electron chi connectivity index (χ3n) is 1.96. The Morgan fingerprint density at radius 3 is 2.71 bits per heavy atom. The van der Waals surface area contributed by atoms with Gasteiger partial charge < -0.3 is 10.8 Å². The van der Waals surface area contributed by atoms with E-state index in [9.17, 15) is 9.18 Å². The van der Waals surface area contributed by atoms with Crippen LogP contribution < -0.4 is 5.73 Å². The molecule has 1 atom stereocenters. The normalized spacial score (nSPS) is 12.5. The molecule has 1 aromatic carbocycles. The molecule has 1 unspecified atom stereocenters. The molecule has 14 heavy (non-hydrogen) atoms. The SMILES string of the molecule is CC(C(=O)O)c1cc(F)cc(Br)c1N. The van der Waals surface area contributed by atoms with Crippen molar-refractivity contribution in [1.82, 2.24) is 0 Å². The minimum Gasteiger partial charge on any atom is -0.481 e. The Morgan fingerprint density at radius 2 is 2.21 bits per heavy atom. The average Bonchev–Trinajstić information content (AvgIpc) is 2.09. The van der Waals surface area contributed by atoms with Crippen molar-refractivity contribution in [3.8, 4) is 0 Å². The van der Waals surface area contributed by atoms with Crippen molar-refractivity contribution < 1.29 is 14.3 Å². The van der Waals surface area contributed by atoms with Gasteiger partial charge >= 0.3 is 5.97 Å². The molecule has 0 aliphatic heterocycles. The van der Waals surface area contributed by atoms with Crippen LogP contribution in [0.1, 0.15) is 18.4 Å². The van der Waals surface area contributed by atoms with E-state index in [1.165, 1.54) is 13.0 Å². The van der Waals surface area contributed by atoms with E-state index in [2.05, 4.69) is 15.9 Å². The van der Waals surface area contributed by atoms with Crippen molar-refractivity contribution in [2.24, 2.45) is 0 Å². The van der Waals surface area contributed by atoms with Crippen LogP contribution in [0.5, 0.6) is 0 Å². The highest BCUT2D eigenvalue weighted by molar-refractivity contribution is 9.10. The molecule has 76 valence electrons. The fourth-order valence-electron chi connectivity index (χ4n) is 1.10. The Morgan fingerprint density at radius 1 is 1.64 bits per heavy atom. The van der Waals surface area contributed by atoms with Crippen LogP contribution in [-0.2, 0) is 4.79 Å². The smallest absolute Gasteiger partial charge is 0.310 e. The van der Waals surface area contributed by atoms with E-state index in [1.54, 1.807) is 0 Å². The van der Waals surface area contributed by atoms with Gasteiger partial charge in [0, 0.05) is 4.47 Å². The Balaban J connectivity index is 3.26. The van der Waals surface area contributed by atoms with Crippen LogP contribution in [0.15, 0.2) is 16.6 Å². The number of anilines is 1. The first-order chi connectivity index (χ1) is 6.43. The molecule has 0 aliphatic rings. The summed E-state index contributed by atoms with van der Waals surface area (Å²) < 4.78 is 13.3. The Hall–Kier alpha value is -1.10. The highest BCUT2D eigenvalue weighted by Crippen LogP contribution is 2.30. The molecule has 0 saturated carbocycles. The zero-order valence-corrected chi connectivity index (χ0v) is 9.01. The first kappa shape index (κ1) is 11.0. The van der Waals surface area contributed by atoms with E-state index >= 15 is 0 Å². The zero-order chi connectivity index (χ0) is 10.9. The van der Waals surface area contributed by atoms with Crippen LogP contribution in [0.4, 0.5) is 10.1 Å². The van der Waals surface area contributed by atoms with Gasteiger partial charge in [-0.2, -0.15) is 0 Å². The second kappa shape index (κ2) is 3.96. The van der Waals surface area contributed by atoms with Crippen molar-refractivity contribution in [2.45, 2.75) is 12.8 Å². The van der Waals surface area contributed by atoms with Crippen LogP contribution in [0.2, 0.25) is 0 Å². The molecule has 0 amide bonds. The summed E-state index contributed by atoms with van der Waals surface area (Å²) in [5.41, 5.74) is 6.16. The number of carboxylic acid groups (broad SMARTS) is 1. The minimum atomic E-state index is -1.03. The number of hydrogen-bond donors (Lipinski definition) is 2. The highest BCUT2D eigenvalue weighted by atomic mass is 79.9. The van der Waals surface area contributed by atoms with Gasteiger partial charge in [-0.25, -0.2) is 4.39 Å².